The second kappa shape index (κ2) is 16.0. The second-order valence-electron chi connectivity index (χ2n) is 17.0. The van der Waals surface area contributed by atoms with Crippen LogP contribution >= 0.6 is 0 Å². The Labute approximate surface area is 347 Å². The summed E-state index contributed by atoms with van der Waals surface area (Å²) < 4.78 is 24.0. The molecule has 17 nitrogen and oxygen atoms in total. The van der Waals surface area contributed by atoms with Crippen molar-refractivity contribution in [3.8, 4) is 0 Å². The zero-order chi connectivity index (χ0) is 42.5. The molecule has 60 heavy (non-hydrogen) atoms. The number of nitrogens with one attached hydrogen (secondary N) is 2. The van der Waals surface area contributed by atoms with Crippen molar-refractivity contribution in [1.29, 1.82) is 0 Å². The second-order valence-corrected chi connectivity index (χ2v) is 19.0. The molecule has 0 bridgehead atoms. The minimum absolute atomic E-state index is 0.00868. The number of benzene rings is 2. The average Bonchev–Trinajstić information content (AvgIpc) is 3.46. The summed E-state index contributed by atoms with van der Waals surface area (Å²) in [5.41, 5.74) is 13.3. The molecular weight excluding hydrogens is 791 g/mol. The van der Waals surface area contributed by atoms with Crippen molar-refractivity contribution in [3.05, 3.63) is 71.0 Å². The number of aromatic nitrogens is 2. The van der Waals surface area contributed by atoms with E-state index in [1.807, 2.05) is 6.07 Å². The Bertz CT molecular complexity index is 2380. The molecule has 18 heteroatoms. The molecule has 2 unspecified atom stereocenters. The van der Waals surface area contributed by atoms with Gasteiger partial charge in [-0.3, -0.25) is 43.9 Å². The third-order valence-corrected chi connectivity index (χ3v) is 14.5. The number of sulfone groups is 1. The number of anilines is 3. The molecule has 3 aromatic rings. The van der Waals surface area contributed by atoms with E-state index in [0.29, 0.717) is 31.1 Å². The van der Waals surface area contributed by atoms with E-state index in [2.05, 4.69) is 25.4 Å². The molecule has 3 atom stereocenters. The first-order valence-corrected chi connectivity index (χ1v) is 22.3. The molecule has 6 amide bonds. The summed E-state index contributed by atoms with van der Waals surface area (Å²) >= 11 is 0. The fourth-order valence-electron chi connectivity index (χ4n) is 10.2. The molecule has 5 heterocycles. The number of nitrogens with two attached hydrogens (primary N) is 2. The number of rotatable bonds is 10. The van der Waals surface area contributed by atoms with E-state index in [4.69, 9.17) is 16.5 Å². The normalized spacial score (nSPS) is 26.2. The van der Waals surface area contributed by atoms with E-state index >= 15 is 0 Å². The number of primary amides is 2. The topological polar surface area (TPSA) is 248 Å². The van der Waals surface area contributed by atoms with Crippen molar-refractivity contribution in [2.75, 3.05) is 42.7 Å². The van der Waals surface area contributed by atoms with Crippen LogP contribution in [0.4, 0.5) is 17.3 Å². The number of imide groups is 2. The van der Waals surface area contributed by atoms with Gasteiger partial charge in [-0.25, -0.2) is 18.4 Å². The molecule has 1 spiro atoms. The minimum atomic E-state index is -3.41. The summed E-state index contributed by atoms with van der Waals surface area (Å²) in [5.74, 6) is -2.09. The van der Waals surface area contributed by atoms with E-state index in [9.17, 15) is 37.2 Å². The summed E-state index contributed by atoms with van der Waals surface area (Å²) in [6, 6.07) is 10.3. The van der Waals surface area contributed by atoms with E-state index in [1.54, 1.807) is 30.5 Å². The van der Waals surface area contributed by atoms with Gasteiger partial charge < -0.3 is 21.7 Å². The highest BCUT2D eigenvalue weighted by Gasteiger charge is 2.50. The molecule has 1 saturated carbocycles. The molecule has 6 N–H and O–H groups in total. The lowest BCUT2D eigenvalue weighted by Gasteiger charge is -2.55. The molecule has 1 aliphatic carbocycles. The monoisotopic (exact) mass is 839 g/mol. The van der Waals surface area contributed by atoms with E-state index < -0.39 is 45.4 Å². The fraction of sp³-hybridized carbons (Fsp3) is 0.476. The van der Waals surface area contributed by atoms with E-state index in [-0.39, 0.29) is 69.5 Å². The summed E-state index contributed by atoms with van der Waals surface area (Å²) in [6.07, 6.45) is 8.88. The van der Waals surface area contributed by atoms with E-state index in [1.165, 1.54) is 12.1 Å². The average molecular weight is 840 g/mol. The molecule has 4 fully saturated rings. The highest BCUT2D eigenvalue weighted by Crippen LogP contribution is 2.53. The van der Waals surface area contributed by atoms with Gasteiger partial charge in [0.15, 0.2) is 21.3 Å². The summed E-state index contributed by atoms with van der Waals surface area (Å²) in [6.45, 7) is 3.52. The number of hydrogen-bond donors (Lipinski definition) is 4. The molecule has 316 valence electrons. The van der Waals surface area contributed by atoms with Crippen molar-refractivity contribution in [3.63, 3.8) is 0 Å². The Balaban J connectivity index is 1.02. The Morgan fingerprint density at radius 3 is 2.33 bits per heavy atom. The lowest BCUT2D eigenvalue weighted by molar-refractivity contribution is -0.136. The third-order valence-electron chi connectivity index (χ3n) is 13.4. The number of hydrogen-bond acceptors (Lipinski definition) is 13. The molecule has 3 saturated heterocycles. The van der Waals surface area contributed by atoms with Crippen LogP contribution in [-0.2, 0) is 30.8 Å². The highest BCUT2D eigenvalue weighted by atomic mass is 32.2. The van der Waals surface area contributed by atoms with Crippen LogP contribution in [-0.4, -0.2) is 102 Å². The van der Waals surface area contributed by atoms with Crippen molar-refractivity contribution < 1.29 is 37.2 Å². The summed E-state index contributed by atoms with van der Waals surface area (Å²) in [5, 5.41) is 5.35. The molecule has 1 aromatic heterocycles. The van der Waals surface area contributed by atoms with Gasteiger partial charge in [-0.2, -0.15) is 0 Å². The number of fused-ring (bicyclic) bond motifs is 1. The largest absolute Gasteiger partial charge is 0.369 e. The predicted octanol–water partition coefficient (Wildman–Crippen LogP) is 2.52. The van der Waals surface area contributed by atoms with E-state index in [0.717, 1.165) is 74.8 Å². The first-order chi connectivity index (χ1) is 28.6. The summed E-state index contributed by atoms with van der Waals surface area (Å²) in [4.78, 5) is 90.9. The lowest BCUT2D eigenvalue weighted by atomic mass is 9.56. The predicted molar refractivity (Wildman–Crippen MR) is 218 cm³/mol. The number of nitrogens with zero attached hydrogens (tertiary/aromatic N) is 5. The Morgan fingerprint density at radius 1 is 0.917 bits per heavy atom. The quantitative estimate of drug-likeness (QED) is 0.215. The number of carbonyl (C=O) groups is 6. The molecule has 8 rings (SSSR count). The van der Waals surface area contributed by atoms with Gasteiger partial charge >= 0.3 is 0 Å². The molecule has 2 aromatic carbocycles. The number of carbonyl (C=O) groups excluding carboxylic acids is 6. The number of amides is 6. The smallest absolute Gasteiger partial charge is 0.271 e. The first-order valence-electron chi connectivity index (χ1n) is 20.5. The van der Waals surface area contributed by atoms with Crippen molar-refractivity contribution in [1.82, 2.24) is 25.1 Å². The fourth-order valence-corrected chi connectivity index (χ4v) is 10.8. The Morgan fingerprint density at radius 2 is 1.65 bits per heavy atom. The molecule has 5 aliphatic rings. The van der Waals surface area contributed by atoms with Crippen LogP contribution in [0.25, 0.3) is 0 Å². The highest BCUT2D eigenvalue weighted by molar-refractivity contribution is 7.90. The van der Waals surface area contributed by atoms with Crippen LogP contribution in [0.2, 0.25) is 0 Å². The van der Waals surface area contributed by atoms with Crippen LogP contribution in [0.3, 0.4) is 0 Å². The standard InChI is InChI=1S/C42H49N9O8S/c1-60(58,59)28-7-5-27(6-8-28)46-38-35(37(44)54)45-20-33(47-38)50-17-2-3-26(22-50)31-23-49(18-16-42(31)14-12-25(13-15-42)36(43)53)21-24-4-9-29-30(19-24)41(57)51(40(29)56)32-10-11-34(52)48-39(32)55/h4-9,19-20,25-26,31-32H,2-3,10-18,21-23H2,1H3,(H2,43,53)(H2,44,54)(H,46,47)(H,48,52,55)/t25?,26-,31?,32?,42?/m0/s1. The van der Waals surface area contributed by atoms with Crippen molar-refractivity contribution in [2.24, 2.45) is 34.6 Å². The van der Waals surface area contributed by atoms with Crippen LogP contribution in [0.1, 0.15) is 94.6 Å². The Hall–Kier alpha value is -5.75. The molecule has 0 radical (unpaired) electrons. The summed E-state index contributed by atoms with van der Waals surface area (Å²) in [7, 11) is -3.41. The lowest BCUT2D eigenvalue weighted by Crippen LogP contribution is -2.54. The molecule has 4 aliphatic heterocycles. The zero-order valence-electron chi connectivity index (χ0n) is 33.4. The van der Waals surface area contributed by atoms with Crippen molar-refractivity contribution >= 4 is 62.6 Å². The van der Waals surface area contributed by atoms with Crippen LogP contribution in [0.15, 0.2) is 53.6 Å². The van der Waals surface area contributed by atoms with Gasteiger partial charge in [0.2, 0.25) is 17.7 Å². The van der Waals surface area contributed by atoms with Gasteiger partial charge in [0.1, 0.15) is 11.9 Å². The third kappa shape index (κ3) is 7.97. The Kier molecular flexibility index (Phi) is 11.0. The van der Waals surface area contributed by atoms with Gasteiger partial charge in [-0.1, -0.05) is 6.07 Å². The number of piperidine rings is 3. The van der Waals surface area contributed by atoms with Crippen LogP contribution in [0.5, 0.6) is 0 Å². The van der Waals surface area contributed by atoms with Crippen LogP contribution in [0, 0.1) is 23.2 Å². The number of likely N-dealkylation sites (tertiary alicyclic amines) is 1. The first kappa shape index (κ1) is 41.0. The molecular formula is C42H49N9O8S. The van der Waals surface area contributed by atoms with Gasteiger partial charge in [-0.15, -0.1) is 0 Å². The zero-order valence-corrected chi connectivity index (χ0v) is 34.2. The van der Waals surface area contributed by atoms with Gasteiger partial charge in [0, 0.05) is 50.5 Å². The minimum Gasteiger partial charge on any atom is -0.369 e. The maximum absolute atomic E-state index is 13.6. The maximum atomic E-state index is 13.6. The van der Waals surface area contributed by atoms with Gasteiger partial charge in [0.25, 0.3) is 17.7 Å². The van der Waals surface area contributed by atoms with Crippen LogP contribution < -0.4 is 27.0 Å². The van der Waals surface area contributed by atoms with Gasteiger partial charge in [-0.05, 0) is 117 Å². The SMILES string of the molecule is CS(=O)(=O)c1ccc(Nc2nc(N3CCC[C@H](C4CN(Cc5ccc6c(c5)C(=O)N(C5CCC(=O)NC5=O)C6=O)CCC45CCC(C(N)=O)CC5)C3)cnc2C(N)=O)cc1. The maximum Gasteiger partial charge on any atom is 0.271 e. The van der Waals surface area contributed by atoms with Gasteiger partial charge in [0.05, 0.1) is 22.2 Å². The van der Waals surface area contributed by atoms with Crippen molar-refractivity contribution in [2.45, 2.75) is 75.3 Å².